The van der Waals surface area contributed by atoms with Gasteiger partial charge in [-0.25, -0.2) is 0 Å². The number of halogens is 1. The third kappa shape index (κ3) is 2.16. The molecule has 0 radical (unpaired) electrons. The van der Waals surface area contributed by atoms with E-state index in [4.69, 9.17) is 21.1 Å². The lowest BCUT2D eigenvalue weighted by Crippen LogP contribution is -2.44. The molecular formula is C8H14ClN3O2. The fourth-order valence-electron chi connectivity index (χ4n) is 0.799. The summed E-state index contributed by atoms with van der Waals surface area (Å²) in [6, 6.07) is 0.361. The van der Waals surface area contributed by atoms with E-state index >= 15 is 0 Å². The summed E-state index contributed by atoms with van der Waals surface area (Å²) in [5, 5.41) is 16.7. The SMILES string of the molecule is CN(c1nnc(CCl)o1)C(C)(C)CO. The zero-order valence-electron chi connectivity index (χ0n) is 8.49. The standard InChI is InChI=1S/C8H14ClN3O2/c1-8(2,5-13)12(3)7-11-10-6(4-9)14-7/h13H,4-5H2,1-3H3. The lowest BCUT2D eigenvalue weighted by Gasteiger charge is -2.31. The molecule has 0 saturated carbocycles. The molecule has 1 heterocycles. The molecule has 1 rings (SSSR count). The van der Waals surface area contributed by atoms with E-state index in [2.05, 4.69) is 10.2 Å². The van der Waals surface area contributed by atoms with Gasteiger partial charge in [-0.2, -0.15) is 0 Å². The molecule has 0 aliphatic carbocycles. The Morgan fingerprint density at radius 3 is 2.57 bits per heavy atom. The van der Waals surface area contributed by atoms with E-state index in [1.807, 2.05) is 13.8 Å². The average molecular weight is 220 g/mol. The van der Waals surface area contributed by atoms with Crippen LogP contribution in [0.2, 0.25) is 0 Å². The first-order chi connectivity index (χ1) is 6.51. The van der Waals surface area contributed by atoms with Gasteiger partial charge in [0.05, 0.1) is 12.1 Å². The smallest absolute Gasteiger partial charge is 0.318 e. The second-order valence-electron chi connectivity index (χ2n) is 3.64. The van der Waals surface area contributed by atoms with Gasteiger partial charge in [-0.05, 0) is 13.8 Å². The first kappa shape index (κ1) is 11.3. The van der Waals surface area contributed by atoms with Crippen molar-refractivity contribution in [1.29, 1.82) is 0 Å². The number of alkyl halides is 1. The molecule has 0 saturated heterocycles. The number of aliphatic hydroxyl groups excluding tert-OH is 1. The van der Waals surface area contributed by atoms with E-state index in [1.165, 1.54) is 0 Å². The van der Waals surface area contributed by atoms with Crippen molar-refractivity contribution in [2.45, 2.75) is 25.3 Å². The van der Waals surface area contributed by atoms with Gasteiger partial charge in [-0.3, -0.25) is 0 Å². The molecule has 0 amide bonds. The maximum absolute atomic E-state index is 9.13. The number of aliphatic hydroxyl groups is 1. The van der Waals surface area contributed by atoms with Gasteiger partial charge < -0.3 is 14.4 Å². The van der Waals surface area contributed by atoms with Gasteiger partial charge in [-0.15, -0.1) is 16.7 Å². The molecule has 0 aliphatic rings. The topological polar surface area (TPSA) is 62.4 Å². The van der Waals surface area contributed by atoms with Crippen molar-refractivity contribution in [2.75, 3.05) is 18.6 Å². The fraction of sp³-hybridized carbons (Fsp3) is 0.750. The van der Waals surface area contributed by atoms with E-state index < -0.39 is 5.54 Å². The Bertz CT molecular complexity index is 301. The Labute approximate surface area is 87.7 Å². The quantitative estimate of drug-likeness (QED) is 0.766. The molecule has 1 aromatic heterocycles. The lowest BCUT2D eigenvalue weighted by molar-refractivity contribution is 0.211. The normalized spacial score (nSPS) is 11.8. The van der Waals surface area contributed by atoms with Gasteiger partial charge in [0.2, 0.25) is 5.89 Å². The van der Waals surface area contributed by atoms with Crippen LogP contribution in [0.1, 0.15) is 19.7 Å². The maximum atomic E-state index is 9.13. The molecule has 0 spiro atoms. The van der Waals surface area contributed by atoms with E-state index in [0.29, 0.717) is 11.9 Å². The largest absolute Gasteiger partial charge is 0.407 e. The van der Waals surface area contributed by atoms with Crippen LogP contribution < -0.4 is 4.90 Å². The van der Waals surface area contributed by atoms with Crippen LogP contribution >= 0.6 is 11.6 Å². The number of rotatable bonds is 4. The number of aromatic nitrogens is 2. The highest BCUT2D eigenvalue weighted by Crippen LogP contribution is 2.20. The molecule has 6 heteroatoms. The lowest BCUT2D eigenvalue weighted by atomic mass is 10.1. The first-order valence-corrected chi connectivity index (χ1v) is 4.78. The summed E-state index contributed by atoms with van der Waals surface area (Å²) in [7, 11) is 1.78. The summed E-state index contributed by atoms with van der Waals surface area (Å²) in [6.45, 7) is 3.75. The minimum atomic E-state index is -0.434. The zero-order chi connectivity index (χ0) is 10.8. The molecule has 1 aromatic rings. The third-order valence-electron chi connectivity index (χ3n) is 2.15. The first-order valence-electron chi connectivity index (χ1n) is 4.24. The highest BCUT2D eigenvalue weighted by molar-refractivity contribution is 6.16. The average Bonchev–Trinajstić information content (AvgIpc) is 2.64. The van der Waals surface area contributed by atoms with Crippen LogP contribution in [0.5, 0.6) is 0 Å². The summed E-state index contributed by atoms with van der Waals surface area (Å²) in [5.74, 6) is 0.572. The summed E-state index contributed by atoms with van der Waals surface area (Å²) in [5.41, 5.74) is -0.434. The monoisotopic (exact) mass is 219 g/mol. The van der Waals surface area contributed by atoms with Crippen molar-refractivity contribution >= 4 is 17.6 Å². The van der Waals surface area contributed by atoms with Crippen LogP contribution in [0.15, 0.2) is 4.42 Å². The van der Waals surface area contributed by atoms with Gasteiger partial charge in [0.25, 0.3) is 0 Å². The number of hydrogen-bond acceptors (Lipinski definition) is 5. The minimum absolute atomic E-state index is 0.00207. The van der Waals surface area contributed by atoms with Crippen LogP contribution in [0.25, 0.3) is 0 Å². The van der Waals surface area contributed by atoms with E-state index in [-0.39, 0.29) is 12.5 Å². The maximum Gasteiger partial charge on any atom is 0.318 e. The number of hydrogen-bond donors (Lipinski definition) is 1. The highest BCUT2D eigenvalue weighted by atomic mass is 35.5. The van der Waals surface area contributed by atoms with Gasteiger partial charge in [0, 0.05) is 7.05 Å². The molecule has 14 heavy (non-hydrogen) atoms. The Hall–Kier alpha value is -0.810. The summed E-state index contributed by atoms with van der Waals surface area (Å²) in [4.78, 5) is 1.72. The molecule has 1 N–H and O–H groups in total. The minimum Gasteiger partial charge on any atom is -0.407 e. The molecule has 0 unspecified atom stereocenters. The Balaban J connectivity index is 2.83. The number of likely N-dealkylation sites (N-methyl/N-ethyl adjacent to an activating group) is 1. The summed E-state index contributed by atoms with van der Waals surface area (Å²) < 4.78 is 5.24. The second kappa shape index (κ2) is 4.14. The number of anilines is 1. The molecule has 0 aromatic carbocycles. The van der Waals surface area contributed by atoms with Crippen molar-refractivity contribution in [3.05, 3.63) is 5.89 Å². The van der Waals surface area contributed by atoms with Gasteiger partial charge in [0.15, 0.2) is 0 Å². The van der Waals surface area contributed by atoms with Crippen LogP contribution in [0, 0.1) is 0 Å². The van der Waals surface area contributed by atoms with Crippen LogP contribution in [0.4, 0.5) is 6.01 Å². The van der Waals surface area contributed by atoms with Crippen molar-refractivity contribution in [3.63, 3.8) is 0 Å². The molecule has 5 nitrogen and oxygen atoms in total. The van der Waals surface area contributed by atoms with Crippen molar-refractivity contribution < 1.29 is 9.52 Å². The summed E-state index contributed by atoms with van der Waals surface area (Å²) in [6.07, 6.45) is 0. The van der Waals surface area contributed by atoms with E-state index in [0.717, 1.165) is 0 Å². The molecule has 0 bridgehead atoms. The highest BCUT2D eigenvalue weighted by Gasteiger charge is 2.26. The third-order valence-corrected chi connectivity index (χ3v) is 2.38. The second-order valence-corrected chi connectivity index (χ2v) is 3.91. The molecule has 0 fully saturated rings. The molecule has 0 aliphatic heterocycles. The summed E-state index contributed by atoms with van der Waals surface area (Å²) >= 11 is 5.53. The van der Waals surface area contributed by atoms with Crippen LogP contribution in [-0.2, 0) is 5.88 Å². The van der Waals surface area contributed by atoms with Crippen molar-refractivity contribution in [2.24, 2.45) is 0 Å². The Morgan fingerprint density at radius 1 is 1.50 bits per heavy atom. The fourth-order valence-corrected chi connectivity index (χ4v) is 0.907. The van der Waals surface area contributed by atoms with Crippen LogP contribution in [-0.4, -0.2) is 34.5 Å². The van der Waals surface area contributed by atoms with E-state index in [1.54, 1.807) is 11.9 Å². The van der Waals surface area contributed by atoms with Crippen molar-refractivity contribution in [3.8, 4) is 0 Å². The Kier molecular flexibility index (Phi) is 3.34. The molecule has 0 atom stereocenters. The molecular weight excluding hydrogens is 206 g/mol. The Morgan fingerprint density at radius 2 is 2.14 bits per heavy atom. The molecule has 80 valence electrons. The van der Waals surface area contributed by atoms with Gasteiger partial charge >= 0.3 is 6.01 Å². The predicted octanol–water partition coefficient (Wildman–Crippen LogP) is 1.02. The number of nitrogens with zero attached hydrogens (tertiary/aromatic N) is 3. The zero-order valence-corrected chi connectivity index (χ0v) is 9.25. The predicted molar refractivity (Wildman–Crippen MR) is 53.4 cm³/mol. The van der Waals surface area contributed by atoms with Crippen LogP contribution in [0.3, 0.4) is 0 Å². The van der Waals surface area contributed by atoms with Crippen molar-refractivity contribution in [1.82, 2.24) is 10.2 Å². The van der Waals surface area contributed by atoms with E-state index in [9.17, 15) is 0 Å². The van der Waals surface area contributed by atoms with Gasteiger partial charge in [-0.1, -0.05) is 5.10 Å². The van der Waals surface area contributed by atoms with Gasteiger partial charge in [0.1, 0.15) is 5.88 Å².